The number of aryl methyl sites for hydroxylation is 1. The molecule has 0 unspecified atom stereocenters. The third-order valence-corrected chi connectivity index (χ3v) is 4.99. The summed E-state index contributed by atoms with van der Waals surface area (Å²) < 4.78 is 0. The first kappa shape index (κ1) is 16.5. The molecule has 1 aliphatic carbocycles. The molecule has 1 aliphatic rings. The molecule has 0 N–H and O–H groups in total. The van der Waals surface area contributed by atoms with Crippen LogP contribution < -0.4 is 0 Å². The van der Waals surface area contributed by atoms with Crippen molar-refractivity contribution in [1.82, 2.24) is 10.2 Å². The molecule has 1 heterocycles. The van der Waals surface area contributed by atoms with Crippen molar-refractivity contribution in [2.45, 2.75) is 90.4 Å². The van der Waals surface area contributed by atoms with Gasteiger partial charge in [0.05, 0.1) is 11.4 Å². The maximum absolute atomic E-state index is 4.52. The third-order valence-electron chi connectivity index (χ3n) is 4.99. The Hall–Kier alpha value is -0.920. The number of unbranched alkanes of at least 4 members (excludes halogenated alkanes) is 3. The van der Waals surface area contributed by atoms with Gasteiger partial charge >= 0.3 is 0 Å². The Bertz CT molecular complexity index is 377. The highest BCUT2D eigenvalue weighted by Crippen LogP contribution is 2.36. The molecule has 0 spiro atoms. The molecule has 2 rings (SSSR count). The van der Waals surface area contributed by atoms with Crippen molar-refractivity contribution in [3.63, 3.8) is 0 Å². The summed E-state index contributed by atoms with van der Waals surface area (Å²) in [6.07, 6.45) is 14.5. The van der Waals surface area contributed by atoms with Crippen molar-refractivity contribution in [1.29, 1.82) is 0 Å². The molecule has 1 saturated carbocycles. The van der Waals surface area contributed by atoms with Gasteiger partial charge in [0.25, 0.3) is 0 Å². The van der Waals surface area contributed by atoms with E-state index in [9.17, 15) is 0 Å². The molecule has 0 radical (unpaired) electrons. The second kappa shape index (κ2) is 9.17. The van der Waals surface area contributed by atoms with E-state index in [1.807, 2.05) is 0 Å². The van der Waals surface area contributed by atoms with Crippen molar-refractivity contribution in [3.05, 3.63) is 23.5 Å². The van der Waals surface area contributed by atoms with Crippen molar-refractivity contribution < 1.29 is 0 Å². The molecule has 2 nitrogen and oxygen atoms in total. The fourth-order valence-electron chi connectivity index (χ4n) is 3.61. The fourth-order valence-corrected chi connectivity index (χ4v) is 3.61. The van der Waals surface area contributed by atoms with Gasteiger partial charge in [0.15, 0.2) is 0 Å². The van der Waals surface area contributed by atoms with Crippen LogP contribution in [-0.4, -0.2) is 10.2 Å². The van der Waals surface area contributed by atoms with Crippen LogP contribution in [0.2, 0.25) is 0 Å². The summed E-state index contributed by atoms with van der Waals surface area (Å²) >= 11 is 0. The van der Waals surface area contributed by atoms with E-state index in [4.69, 9.17) is 0 Å². The molecule has 1 aromatic rings. The Balaban J connectivity index is 1.77. The van der Waals surface area contributed by atoms with Crippen LogP contribution in [0.15, 0.2) is 12.1 Å². The molecule has 0 saturated heterocycles. The minimum absolute atomic E-state index is 0.666. The maximum Gasteiger partial charge on any atom is 0.0662 e. The first-order valence-electron chi connectivity index (χ1n) is 9.16. The first-order valence-corrected chi connectivity index (χ1v) is 9.16. The zero-order chi connectivity index (χ0) is 14.9. The average Bonchev–Trinajstić information content (AvgIpc) is 2.53. The second-order valence-corrected chi connectivity index (χ2v) is 6.77. The van der Waals surface area contributed by atoms with E-state index in [1.165, 1.54) is 75.6 Å². The smallest absolute Gasteiger partial charge is 0.0662 e. The van der Waals surface area contributed by atoms with Gasteiger partial charge in [0, 0.05) is 5.92 Å². The van der Waals surface area contributed by atoms with Gasteiger partial charge in [-0.15, -0.1) is 0 Å². The van der Waals surface area contributed by atoms with E-state index >= 15 is 0 Å². The Morgan fingerprint density at radius 1 is 0.905 bits per heavy atom. The highest BCUT2D eigenvalue weighted by atomic mass is 15.1. The van der Waals surface area contributed by atoms with Gasteiger partial charge in [-0.3, -0.25) is 0 Å². The molecule has 2 heteroatoms. The summed E-state index contributed by atoms with van der Waals surface area (Å²) in [4.78, 5) is 0. The highest BCUT2D eigenvalue weighted by molar-refractivity contribution is 5.12. The van der Waals surface area contributed by atoms with Gasteiger partial charge in [0.2, 0.25) is 0 Å². The van der Waals surface area contributed by atoms with Crippen molar-refractivity contribution in [2.24, 2.45) is 5.92 Å². The van der Waals surface area contributed by atoms with E-state index in [0.717, 1.165) is 12.3 Å². The Labute approximate surface area is 130 Å². The number of hydrogen-bond acceptors (Lipinski definition) is 2. The molecule has 0 aromatic carbocycles. The first-order chi connectivity index (χ1) is 10.3. The average molecular weight is 288 g/mol. The van der Waals surface area contributed by atoms with Crippen LogP contribution in [-0.2, 0) is 6.42 Å². The maximum atomic E-state index is 4.52. The van der Waals surface area contributed by atoms with Crippen LogP contribution in [0.5, 0.6) is 0 Å². The van der Waals surface area contributed by atoms with E-state index in [-0.39, 0.29) is 0 Å². The largest absolute Gasteiger partial charge is 0.155 e. The summed E-state index contributed by atoms with van der Waals surface area (Å²) in [6, 6.07) is 4.46. The highest BCUT2D eigenvalue weighted by Gasteiger charge is 2.22. The van der Waals surface area contributed by atoms with E-state index < -0.39 is 0 Å². The van der Waals surface area contributed by atoms with Gasteiger partial charge in [-0.05, 0) is 56.6 Å². The lowest BCUT2D eigenvalue weighted by atomic mass is 9.79. The van der Waals surface area contributed by atoms with E-state index in [0.29, 0.717) is 5.92 Å². The quantitative estimate of drug-likeness (QED) is 0.576. The summed E-state index contributed by atoms with van der Waals surface area (Å²) in [5.41, 5.74) is 2.41. The van der Waals surface area contributed by atoms with Crippen LogP contribution in [0.25, 0.3) is 0 Å². The fraction of sp³-hybridized carbons (Fsp3) is 0.789. The minimum atomic E-state index is 0.666. The van der Waals surface area contributed by atoms with Gasteiger partial charge in [0.1, 0.15) is 0 Å². The van der Waals surface area contributed by atoms with Crippen LogP contribution in [0.3, 0.4) is 0 Å². The van der Waals surface area contributed by atoms with Crippen molar-refractivity contribution in [2.75, 3.05) is 0 Å². The van der Waals surface area contributed by atoms with Gasteiger partial charge in [-0.2, -0.15) is 10.2 Å². The van der Waals surface area contributed by atoms with Crippen LogP contribution in [0.1, 0.15) is 95.4 Å². The molecule has 0 atom stereocenters. The number of nitrogens with zero attached hydrogens (tertiary/aromatic N) is 2. The lowest BCUT2D eigenvalue weighted by Gasteiger charge is -2.27. The third kappa shape index (κ3) is 5.41. The van der Waals surface area contributed by atoms with Crippen LogP contribution in [0.4, 0.5) is 0 Å². The molecule has 1 aromatic heterocycles. The molecule has 21 heavy (non-hydrogen) atoms. The predicted octanol–water partition coefficient (Wildman–Crippen LogP) is 5.67. The molecular weight excluding hydrogens is 256 g/mol. The zero-order valence-corrected chi connectivity index (χ0v) is 14.0. The molecule has 0 amide bonds. The van der Waals surface area contributed by atoms with E-state index in [2.05, 4.69) is 36.2 Å². The van der Waals surface area contributed by atoms with Crippen LogP contribution in [0, 0.1) is 5.92 Å². The summed E-state index contributed by atoms with van der Waals surface area (Å²) in [5, 5.41) is 8.98. The monoisotopic (exact) mass is 288 g/mol. The number of aromatic nitrogens is 2. The van der Waals surface area contributed by atoms with Crippen molar-refractivity contribution in [3.8, 4) is 0 Å². The number of rotatable bonds is 8. The van der Waals surface area contributed by atoms with Crippen molar-refractivity contribution >= 4 is 0 Å². The molecular formula is C19H32N2. The molecule has 0 bridgehead atoms. The standard InChI is InChI=1S/C19H32N2/c1-3-5-6-7-9-18-14-15-19(21-20-18)17-12-10-16(8-4-2)11-13-17/h14-17H,3-13H2,1-2H3/t16-,17-. The molecule has 118 valence electrons. The van der Waals surface area contributed by atoms with Gasteiger partial charge in [-0.1, -0.05) is 46.0 Å². The van der Waals surface area contributed by atoms with E-state index in [1.54, 1.807) is 0 Å². The Morgan fingerprint density at radius 3 is 2.33 bits per heavy atom. The molecule has 0 aliphatic heterocycles. The lowest BCUT2D eigenvalue weighted by molar-refractivity contribution is 0.304. The summed E-state index contributed by atoms with van der Waals surface area (Å²) in [7, 11) is 0. The van der Waals surface area contributed by atoms with Crippen LogP contribution >= 0.6 is 0 Å². The molecule has 1 fully saturated rings. The number of hydrogen-bond donors (Lipinski definition) is 0. The normalized spacial score (nSPS) is 22.4. The van der Waals surface area contributed by atoms with Gasteiger partial charge in [-0.25, -0.2) is 0 Å². The zero-order valence-electron chi connectivity index (χ0n) is 14.0. The summed E-state index contributed by atoms with van der Waals surface area (Å²) in [6.45, 7) is 4.56. The second-order valence-electron chi connectivity index (χ2n) is 6.77. The predicted molar refractivity (Wildman–Crippen MR) is 89.5 cm³/mol. The Morgan fingerprint density at radius 2 is 1.71 bits per heavy atom. The SMILES string of the molecule is CCCCCCc1ccc([C@H]2CC[C@H](CCC)CC2)nn1. The topological polar surface area (TPSA) is 25.8 Å². The Kier molecular flexibility index (Phi) is 7.18. The van der Waals surface area contributed by atoms with Gasteiger partial charge < -0.3 is 0 Å². The lowest BCUT2D eigenvalue weighted by Crippen LogP contribution is -2.14. The minimum Gasteiger partial charge on any atom is -0.155 e. The summed E-state index contributed by atoms with van der Waals surface area (Å²) in [5.74, 6) is 1.64.